The Morgan fingerprint density at radius 3 is 2.14 bits per heavy atom. The molecule has 0 heterocycles. The zero-order valence-electron chi connectivity index (χ0n) is 28.3. The summed E-state index contributed by atoms with van der Waals surface area (Å²) in [6.45, 7) is 21.1. The molecule has 0 spiro atoms. The normalized spacial score (nSPS) is 45.7. The lowest BCUT2D eigenvalue weighted by molar-refractivity contribution is -0.248. The van der Waals surface area contributed by atoms with Crippen molar-refractivity contribution in [1.82, 2.24) is 0 Å². The maximum absolute atomic E-state index is 14.1. The van der Waals surface area contributed by atoms with E-state index in [4.69, 9.17) is 9.47 Å². The molecule has 0 aromatic heterocycles. The van der Waals surface area contributed by atoms with E-state index in [2.05, 4.69) is 48.5 Å². The molecule has 238 valence electrons. The van der Waals surface area contributed by atoms with Gasteiger partial charge in [-0.05, 0) is 130 Å². The molecule has 5 fully saturated rings. The summed E-state index contributed by atoms with van der Waals surface area (Å²) < 4.78 is 11.1. The van der Waals surface area contributed by atoms with E-state index in [1.54, 1.807) is 6.92 Å². The molecule has 0 saturated heterocycles. The molecule has 10 atom stereocenters. The smallest absolute Gasteiger partial charge is 0.435 e. The summed E-state index contributed by atoms with van der Waals surface area (Å²) in [4.78, 5) is 38.3. The van der Waals surface area contributed by atoms with Gasteiger partial charge in [-0.3, -0.25) is 4.79 Å². The maximum Gasteiger partial charge on any atom is 0.508 e. The Kier molecular flexibility index (Phi) is 8.31. The Morgan fingerprint density at radius 2 is 1.50 bits per heavy atom. The predicted molar refractivity (Wildman–Crippen MR) is 166 cm³/mol. The van der Waals surface area contributed by atoms with Crippen LogP contribution in [0.4, 0.5) is 4.79 Å². The monoisotopic (exact) mass is 584 g/mol. The molecule has 5 heteroatoms. The molecule has 5 nitrogen and oxygen atoms in total. The van der Waals surface area contributed by atoms with E-state index in [1.807, 2.05) is 6.92 Å². The van der Waals surface area contributed by atoms with Gasteiger partial charge >= 0.3 is 6.16 Å². The van der Waals surface area contributed by atoms with Crippen LogP contribution in [-0.2, 0) is 19.1 Å². The van der Waals surface area contributed by atoms with Gasteiger partial charge in [0.25, 0.3) is 0 Å². The van der Waals surface area contributed by atoms with Crippen LogP contribution in [0.15, 0.2) is 0 Å². The number of ketones is 2. The van der Waals surface area contributed by atoms with Crippen LogP contribution < -0.4 is 0 Å². The lowest BCUT2D eigenvalue weighted by Crippen LogP contribution is -2.67. The molecule has 0 amide bonds. The van der Waals surface area contributed by atoms with Gasteiger partial charge < -0.3 is 14.3 Å². The third-order valence-electron chi connectivity index (χ3n) is 15.0. The second-order valence-electron chi connectivity index (χ2n) is 17.1. The molecule has 0 aromatic carbocycles. The number of hydrogen-bond acceptors (Lipinski definition) is 5. The topological polar surface area (TPSA) is 69.7 Å². The molecular weight excluding hydrogens is 524 g/mol. The number of hydrogen-bond donors (Lipinski definition) is 0. The summed E-state index contributed by atoms with van der Waals surface area (Å²) in [6, 6.07) is 0. The zero-order valence-corrected chi connectivity index (χ0v) is 28.3. The molecule has 0 aliphatic heterocycles. The average molecular weight is 585 g/mol. The van der Waals surface area contributed by atoms with Gasteiger partial charge in [0, 0.05) is 23.7 Å². The minimum atomic E-state index is -0.521. The van der Waals surface area contributed by atoms with Gasteiger partial charge in [0.15, 0.2) is 0 Å². The summed E-state index contributed by atoms with van der Waals surface area (Å²) >= 11 is 0. The molecule has 0 N–H and O–H groups in total. The van der Waals surface area contributed by atoms with Crippen molar-refractivity contribution in [2.45, 2.75) is 145 Å². The molecule has 5 unspecified atom stereocenters. The van der Waals surface area contributed by atoms with Crippen LogP contribution in [-0.4, -0.2) is 30.4 Å². The van der Waals surface area contributed by atoms with Gasteiger partial charge in [-0.2, -0.15) is 0 Å². The van der Waals surface area contributed by atoms with Crippen molar-refractivity contribution in [1.29, 1.82) is 0 Å². The molecule has 5 saturated carbocycles. The summed E-state index contributed by atoms with van der Waals surface area (Å²) in [7, 11) is 0. The summed E-state index contributed by atoms with van der Waals surface area (Å²) in [5, 5.41) is 0. The Hall–Kier alpha value is -1.39. The molecule has 5 aliphatic carbocycles. The molecular formula is C37H60O5. The third-order valence-corrected chi connectivity index (χ3v) is 15.0. The van der Waals surface area contributed by atoms with E-state index in [9.17, 15) is 14.4 Å². The Labute approximate surface area is 256 Å². The maximum atomic E-state index is 14.1. The summed E-state index contributed by atoms with van der Waals surface area (Å²) in [5.74, 6) is 3.86. The lowest BCUT2D eigenvalue weighted by atomic mass is 9.32. The first-order valence-electron chi connectivity index (χ1n) is 17.4. The largest absolute Gasteiger partial charge is 0.508 e. The first-order valence-corrected chi connectivity index (χ1v) is 17.4. The van der Waals surface area contributed by atoms with E-state index < -0.39 is 6.16 Å². The van der Waals surface area contributed by atoms with E-state index in [0.717, 1.165) is 38.5 Å². The highest BCUT2D eigenvalue weighted by atomic mass is 16.7. The summed E-state index contributed by atoms with van der Waals surface area (Å²) in [5.41, 5.74) is 0.322. The van der Waals surface area contributed by atoms with Crippen molar-refractivity contribution in [3.63, 3.8) is 0 Å². The van der Waals surface area contributed by atoms with Crippen LogP contribution in [0.2, 0.25) is 0 Å². The highest BCUT2D eigenvalue weighted by molar-refractivity contribution is 5.89. The first-order chi connectivity index (χ1) is 19.6. The van der Waals surface area contributed by atoms with Crippen molar-refractivity contribution < 1.29 is 23.9 Å². The molecule has 42 heavy (non-hydrogen) atoms. The van der Waals surface area contributed by atoms with Crippen molar-refractivity contribution in [2.24, 2.45) is 62.6 Å². The quantitative estimate of drug-likeness (QED) is 0.279. The van der Waals surface area contributed by atoms with Crippen LogP contribution in [0.1, 0.15) is 139 Å². The van der Waals surface area contributed by atoms with Crippen LogP contribution in [0.25, 0.3) is 0 Å². The number of carbonyl (C=O) groups excluding carboxylic acids is 3. The second kappa shape index (κ2) is 10.9. The van der Waals surface area contributed by atoms with E-state index in [0.29, 0.717) is 60.7 Å². The average Bonchev–Trinajstić information content (AvgIpc) is 3.31. The Balaban J connectivity index is 1.46. The van der Waals surface area contributed by atoms with Crippen molar-refractivity contribution in [3.8, 4) is 0 Å². The first kappa shape index (κ1) is 32.0. The number of Topliss-reactive ketones (excluding diaryl/α,β-unsaturated/α-hetero) is 2. The van der Waals surface area contributed by atoms with Gasteiger partial charge in [-0.1, -0.05) is 48.5 Å². The Bertz CT molecular complexity index is 1080. The highest BCUT2D eigenvalue weighted by Gasteiger charge is 2.72. The third kappa shape index (κ3) is 4.55. The predicted octanol–water partition coefficient (Wildman–Crippen LogP) is 9.20. The second-order valence-corrected chi connectivity index (χ2v) is 17.1. The molecule has 0 bridgehead atoms. The number of rotatable bonds is 7. The van der Waals surface area contributed by atoms with Crippen molar-refractivity contribution >= 4 is 17.7 Å². The van der Waals surface area contributed by atoms with Gasteiger partial charge in [-0.25, -0.2) is 4.79 Å². The lowest BCUT2D eigenvalue weighted by Gasteiger charge is -2.73. The minimum Gasteiger partial charge on any atom is -0.435 e. The standard InChI is InChI=1S/C37H60O5/c1-10-41-32(40)42-30-17-18-34(7)27(33(30,5)6)16-19-36(9)28(34)13-12-26-31-25(23(2)3)15-20-37(31,22-21-35(26,36)8)29(39)14-11-24(4)38/h23,25-28,30-31H,10-22H2,1-9H3/t25?,26?,27?,28?,30-,31?,34+,35-,36-,37-/m1/s1. The SMILES string of the molecule is CCOC(=O)O[C@@H]1CC[C@@]2(C)C(CC[C@]3(C)C2CCC2C4C(C(C)C)CC[C@]4(C(=O)CCC(C)=O)CC[C@]23C)C1(C)C. The highest BCUT2D eigenvalue weighted by Crippen LogP contribution is 2.77. The van der Waals surface area contributed by atoms with Gasteiger partial charge in [0.05, 0.1) is 6.61 Å². The number of carbonyl (C=O) groups is 3. The minimum absolute atomic E-state index is 0.0993. The van der Waals surface area contributed by atoms with Gasteiger partial charge in [0.2, 0.25) is 0 Å². The van der Waals surface area contributed by atoms with E-state index in [-0.39, 0.29) is 39.0 Å². The van der Waals surface area contributed by atoms with Gasteiger partial charge in [0.1, 0.15) is 17.7 Å². The van der Waals surface area contributed by atoms with E-state index in [1.165, 1.54) is 25.7 Å². The van der Waals surface area contributed by atoms with Crippen LogP contribution in [0.5, 0.6) is 0 Å². The van der Waals surface area contributed by atoms with Gasteiger partial charge in [-0.15, -0.1) is 0 Å². The Morgan fingerprint density at radius 1 is 0.786 bits per heavy atom. The number of fused-ring (bicyclic) bond motifs is 7. The molecule has 0 radical (unpaired) electrons. The van der Waals surface area contributed by atoms with Crippen molar-refractivity contribution in [3.05, 3.63) is 0 Å². The zero-order chi connectivity index (χ0) is 30.9. The van der Waals surface area contributed by atoms with Crippen LogP contribution in [0.3, 0.4) is 0 Å². The van der Waals surface area contributed by atoms with E-state index >= 15 is 0 Å². The fraction of sp³-hybridized carbons (Fsp3) is 0.919. The number of ether oxygens (including phenoxy) is 2. The molecule has 0 aromatic rings. The van der Waals surface area contributed by atoms with Crippen LogP contribution in [0, 0.1) is 62.6 Å². The fourth-order valence-electron chi connectivity index (χ4n) is 12.9. The molecule has 5 aliphatic rings. The van der Waals surface area contributed by atoms with Crippen LogP contribution >= 0.6 is 0 Å². The summed E-state index contributed by atoms with van der Waals surface area (Å²) in [6.07, 6.45) is 11.4. The fourth-order valence-corrected chi connectivity index (χ4v) is 12.9. The van der Waals surface area contributed by atoms with Crippen molar-refractivity contribution in [2.75, 3.05) is 6.61 Å². The molecule has 5 rings (SSSR count).